The van der Waals surface area contributed by atoms with Gasteiger partial charge in [0.2, 0.25) is 0 Å². The van der Waals surface area contributed by atoms with E-state index in [1.807, 2.05) is 0 Å². The highest BCUT2D eigenvalue weighted by atomic mass is 16.3. The number of hydrogen-bond donors (Lipinski definition) is 3. The molecule has 148 valence electrons. The average molecular weight is 374 g/mol. The van der Waals surface area contributed by atoms with Crippen molar-refractivity contribution in [1.29, 1.82) is 0 Å². The molecule has 0 bridgehead atoms. The number of benzene rings is 1. The van der Waals surface area contributed by atoms with Crippen LogP contribution in [0.1, 0.15) is 36.2 Å². The van der Waals surface area contributed by atoms with E-state index in [2.05, 4.69) is 46.2 Å². The molecule has 1 atom stereocenters. The van der Waals surface area contributed by atoms with E-state index in [1.54, 1.807) is 11.9 Å². The van der Waals surface area contributed by atoms with E-state index in [0.717, 1.165) is 55.8 Å². The maximum atomic E-state index is 12.3. The van der Waals surface area contributed by atoms with E-state index >= 15 is 0 Å². The van der Waals surface area contributed by atoms with Crippen LogP contribution in [0.25, 0.3) is 11.0 Å². The Balaban J connectivity index is 1.43. The van der Waals surface area contributed by atoms with Crippen LogP contribution in [-0.4, -0.2) is 70.2 Å². The van der Waals surface area contributed by atoms with Crippen LogP contribution < -0.4 is 5.32 Å². The number of carbonyl (C=O) groups excluding carboxylic acids is 1. The Morgan fingerprint density at radius 3 is 2.96 bits per heavy atom. The standard InChI is InChI=1S/C20H31N5O2/c1-14-10-17-18(11-15(14)2)23-19(22-17)13-24(3)20(27)21-7-5-9-25-8-4-6-16(26)12-25/h10-11,16,26H,4-9,12-13H2,1-3H3,(H,21,27)(H,22,23)/t16-/m1/s1. The summed E-state index contributed by atoms with van der Waals surface area (Å²) in [5.41, 5.74) is 4.38. The molecule has 1 saturated heterocycles. The number of amides is 2. The molecule has 1 aliphatic rings. The van der Waals surface area contributed by atoms with Crippen LogP contribution in [0.4, 0.5) is 4.79 Å². The van der Waals surface area contributed by atoms with E-state index in [1.165, 1.54) is 11.1 Å². The number of piperidine rings is 1. The summed E-state index contributed by atoms with van der Waals surface area (Å²) in [5, 5.41) is 12.7. The largest absolute Gasteiger partial charge is 0.392 e. The number of imidazole rings is 1. The van der Waals surface area contributed by atoms with Gasteiger partial charge in [-0.1, -0.05) is 0 Å². The molecule has 1 aromatic carbocycles. The van der Waals surface area contributed by atoms with Gasteiger partial charge in [0.05, 0.1) is 23.7 Å². The first kappa shape index (κ1) is 19.6. The van der Waals surface area contributed by atoms with Crippen LogP contribution in [0.3, 0.4) is 0 Å². The normalized spacial score (nSPS) is 18.0. The average Bonchev–Trinajstić information content (AvgIpc) is 3.00. The van der Waals surface area contributed by atoms with Gasteiger partial charge in [0.1, 0.15) is 5.82 Å². The molecule has 3 N–H and O–H groups in total. The molecule has 0 aliphatic carbocycles. The molecule has 27 heavy (non-hydrogen) atoms. The Labute approximate surface area is 160 Å². The number of β-amino-alcohol motifs (C(OH)–C–C–N with tert-alkyl or cyclic N) is 1. The maximum absolute atomic E-state index is 12.3. The topological polar surface area (TPSA) is 84.5 Å². The van der Waals surface area contributed by atoms with E-state index in [9.17, 15) is 9.90 Å². The van der Waals surface area contributed by atoms with Crippen LogP contribution in [-0.2, 0) is 6.54 Å². The van der Waals surface area contributed by atoms with Crippen LogP contribution in [0.5, 0.6) is 0 Å². The summed E-state index contributed by atoms with van der Waals surface area (Å²) in [6.07, 6.45) is 2.64. The first-order chi connectivity index (χ1) is 12.9. The fourth-order valence-corrected chi connectivity index (χ4v) is 3.56. The van der Waals surface area contributed by atoms with E-state index in [-0.39, 0.29) is 12.1 Å². The number of aliphatic hydroxyl groups excluding tert-OH is 1. The van der Waals surface area contributed by atoms with E-state index < -0.39 is 0 Å². The summed E-state index contributed by atoms with van der Waals surface area (Å²) in [6, 6.07) is 4.07. The number of hydrogen-bond acceptors (Lipinski definition) is 4. The van der Waals surface area contributed by atoms with Gasteiger partial charge in [-0.15, -0.1) is 0 Å². The number of nitrogens with zero attached hydrogens (tertiary/aromatic N) is 3. The lowest BCUT2D eigenvalue weighted by atomic mass is 10.1. The number of nitrogens with one attached hydrogen (secondary N) is 2. The minimum atomic E-state index is -0.198. The molecule has 3 rings (SSSR count). The third-order valence-electron chi connectivity index (χ3n) is 5.29. The van der Waals surface area contributed by atoms with Gasteiger partial charge in [-0.3, -0.25) is 0 Å². The lowest BCUT2D eigenvalue weighted by Crippen LogP contribution is -2.41. The minimum Gasteiger partial charge on any atom is -0.392 e. The highest BCUT2D eigenvalue weighted by Crippen LogP contribution is 2.17. The van der Waals surface area contributed by atoms with Gasteiger partial charge < -0.3 is 25.2 Å². The molecular formula is C20H31N5O2. The van der Waals surface area contributed by atoms with Crippen molar-refractivity contribution in [2.75, 3.05) is 33.2 Å². The number of aromatic amines is 1. The maximum Gasteiger partial charge on any atom is 0.317 e. The van der Waals surface area contributed by atoms with Gasteiger partial charge in [-0.25, -0.2) is 9.78 Å². The molecule has 0 unspecified atom stereocenters. The number of H-pyrrole nitrogens is 1. The second kappa shape index (κ2) is 8.71. The molecule has 1 fully saturated rings. The van der Waals surface area contributed by atoms with Gasteiger partial charge in [-0.05, 0) is 69.5 Å². The number of aliphatic hydroxyl groups is 1. The lowest BCUT2D eigenvalue weighted by molar-refractivity contribution is 0.0702. The van der Waals surface area contributed by atoms with Crippen LogP contribution in [0, 0.1) is 13.8 Å². The molecule has 2 heterocycles. The van der Waals surface area contributed by atoms with Gasteiger partial charge in [0.15, 0.2) is 0 Å². The molecule has 0 spiro atoms. The van der Waals surface area contributed by atoms with E-state index in [4.69, 9.17) is 0 Å². The summed E-state index contributed by atoms with van der Waals surface area (Å²) in [5.74, 6) is 0.787. The molecule has 1 aliphatic heterocycles. The molecule has 7 heteroatoms. The van der Waals surface area contributed by atoms with Crippen molar-refractivity contribution in [3.8, 4) is 0 Å². The minimum absolute atomic E-state index is 0.0958. The van der Waals surface area contributed by atoms with Gasteiger partial charge in [0, 0.05) is 20.1 Å². The van der Waals surface area contributed by atoms with Crippen molar-refractivity contribution in [2.45, 2.75) is 45.8 Å². The number of rotatable bonds is 6. The van der Waals surface area contributed by atoms with E-state index in [0.29, 0.717) is 13.1 Å². The van der Waals surface area contributed by atoms with Gasteiger partial charge >= 0.3 is 6.03 Å². The number of likely N-dealkylation sites (tertiary alicyclic amines) is 1. The van der Waals surface area contributed by atoms with Gasteiger partial charge in [0.25, 0.3) is 0 Å². The molecule has 1 aromatic heterocycles. The Morgan fingerprint density at radius 2 is 2.19 bits per heavy atom. The second-order valence-electron chi connectivity index (χ2n) is 7.68. The highest BCUT2D eigenvalue weighted by molar-refractivity contribution is 5.77. The third kappa shape index (κ3) is 5.20. The second-order valence-corrected chi connectivity index (χ2v) is 7.68. The Bertz CT molecular complexity index is 749. The van der Waals surface area contributed by atoms with Crippen molar-refractivity contribution < 1.29 is 9.90 Å². The third-order valence-corrected chi connectivity index (χ3v) is 5.29. The SMILES string of the molecule is Cc1cc2nc(CN(C)C(=O)NCCCN3CCC[C@@H](O)C3)[nH]c2cc1C. The molecule has 2 aromatic rings. The fourth-order valence-electron chi connectivity index (χ4n) is 3.56. The summed E-state index contributed by atoms with van der Waals surface area (Å²) in [7, 11) is 1.78. The highest BCUT2D eigenvalue weighted by Gasteiger charge is 2.17. The molecule has 0 radical (unpaired) electrons. The Kier molecular flexibility index (Phi) is 6.34. The Hall–Kier alpha value is -2.12. The number of carbonyl (C=O) groups is 1. The van der Waals surface area contributed by atoms with Crippen molar-refractivity contribution in [3.05, 3.63) is 29.1 Å². The van der Waals surface area contributed by atoms with Crippen molar-refractivity contribution in [3.63, 3.8) is 0 Å². The number of fused-ring (bicyclic) bond motifs is 1. The first-order valence-electron chi connectivity index (χ1n) is 9.77. The predicted molar refractivity (Wildman–Crippen MR) is 107 cm³/mol. The predicted octanol–water partition coefficient (Wildman–Crippen LogP) is 2.17. The fraction of sp³-hybridized carbons (Fsp3) is 0.600. The van der Waals surface area contributed by atoms with Crippen molar-refractivity contribution >= 4 is 17.1 Å². The summed E-state index contributed by atoms with van der Waals surface area (Å²) < 4.78 is 0. The zero-order chi connectivity index (χ0) is 19.4. The van der Waals surface area contributed by atoms with Gasteiger partial charge in [-0.2, -0.15) is 0 Å². The number of aryl methyl sites for hydroxylation is 2. The monoisotopic (exact) mass is 373 g/mol. The summed E-state index contributed by atoms with van der Waals surface area (Å²) in [4.78, 5) is 24.1. The molecule has 0 saturated carbocycles. The molecule has 2 amide bonds. The van der Waals surface area contributed by atoms with Crippen LogP contribution >= 0.6 is 0 Å². The van der Waals surface area contributed by atoms with Crippen molar-refractivity contribution in [1.82, 2.24) is 25.1 Å². The smallest absolute Gasteiger partial charge is 0.317 e. The zero-order valence-corrected chi connectivity index (χ0v) is 16.6. The molecule has 7 nitrogen and oxygen atoms in total. The first-order valence-corrected chi connectivity index (χ1v) is 9.77. The number of urea groups is 1. The number of aromatic nitrogens is 2. The lowest BCUT2D eigenvalue weighted by Gasteiger charge is -2.29. The van der Waals surface area contributed by atoms with Crippen LogP contribution in [0.15, 0.2) is 12.1 Å². The Morgan fingerprint density at radius 1 is 1.41 bits per heavy atom. The molecular weight excluding hydrogens is 342 g/mol. The zero-order valence-electron chi connectivity index (χ0n) is 16.6. The quantitative estimate of drug-likeness (QED) is 0.678. The van der Waals surface area contributed by atoms with Crippen molar-refractivity contribution in [2.24, 2.45) is 0 Å². The van der Waals surface area contributed by atoms with Crippen LogP contribution in [0.2, 0.25) is 0 Å². The summed E-state index contributed by atoms with van der Waals surface area (Å²) >= 11 is 0. The summed E-state index contributed by atoms with van der Waals surface area (Å²) in [6.45, 7) is 7.93.